The number of anilines is 1. The van der Waals surface area contributed by atoms with Crippen LogP contribution < -0.4 is 11.1 Å². The van der Waals surface area contributed by atoms with Gasteiger partial charge in [0, 0.05) is 29.2 Å². The first-order chi connectivity index (χ1) is 12.2. The van der Waals surface area contributed by atoms with Gasteiger partial charge in [-0.25, -0.2) is 9.97 Å². The Hall–Kier alpha value is -3.29. The lowest BCUT2D eigenvalue weighted by Crippen LogP contribution is -2.29. The van der Waals surface area contributed by atoms with E-state index in [4.69, 9.17) is 15.9 Å². The number of ether oxygens (including phenoxy) is 1. The average Bonchev–Trinajstić information content (AvgIpc) is 2.58. The maximum atomic E-state index is 11.9. The van der Waals surface area contributed by atoms with Gasteiger partial charge in [0.2, 0.25) is 0 Å². The molecular formula is C18H21N5O3. The van der Waals surface area contributed by atoms with Gasteiger partial charge in [-0.1, -0.05) is 6.07 Å². The Morgan fingerprint density at radius 1 is 1.19 bits per heavy atom. The van der Waals surface area contributed by atoms with E-state index >= 15 is 0 Å². The molecule has 136 valence electrons. The van der Waals surface area contributed by atoms with Crippen molar-refractivity contribution in [1.82, 2.24) is 9.97 Å². The summed E-state index contributed by atoms with van der Waals surface area (Å²) in [6.45, 7) is 5.21. The van der Waals surface area contributed by atoms with Crippen molar-refractivity contribution >= 4 is 23.3 Å². The van der Waals surface area contributed by atoms with Gasteiger partial charge in [-0.2, -0.15) is 0 Å². The molecule has 0 radical (unpaired) electrons. The van der Waals surface area contributed by atoms with Crippen molar-refractivity contribution < 1.29 is 14.3 Å². The van der Waals surface area contributed by atoms with Crippen molar-refractivity contribution in [3.05, 3.63) is 42.5 Å². The topological polar surface area (TPSA) is 131 Å². The molecule has 0 aliphatic carbocycles. The summed E-state index contributed by atoms with van der Waals surface area (Å²) < 4.78 is 5.24. The Morgan fingerprint density at radius 3 is 2.42 bits per heavy atom. The van der Waals surface area contributed by atoms with Crippen LogP contribution in [0.2, 0.25) is 0 Å². The fourth-order valence-corrected chi connectivity index (χ4v) is 2.21. The third-order valence-corrected chi connectivity index (χ3v) is 3.27. The lowest BCUT2D eigenvalue weighted by Gasteiger charge is -2.20. The summed E-state index contributed by atoms with van der Waals surface area (Å²) >= 11 is 0. The van der Waals surface area contributed by atoms with E-state index in [1.165, 1.54) is 6.33 Å². The summed E-state index contributed by atoms with van der Waals surface area (Å²) in [4.78, 5) is 31.3. The number of hydrogen-bond donors (Lipinski definition) is 3. The molecule has 8 nitrogen and oxygen atoms in total. The highest BCUT2D eigenvalue weighted by Gasteiger charge is 2.18. The highest BCUT2D eigenvalue weighted by Crippen LogP contribution is 2.25. The number of nitrogens with one attached hydrogen (secondary N) is 2. The molecule has 1 heterocycles. The number of hydrogen-bond acceptors (Lipinski definition) is 7. The first kappa shape index (κ1) is 19.0. The van der Waals surface area contributed by atoms with Crippen LogP contribution in [0.4, 0.5) is 5.69 Å². The molecule has 0 aliphatic heterocycles. The van der Waals surface area contributed by atoms with Gasteiger partial charge in [0.25, 0.3) is 5.91 Å². The molecule has 2 rings (SSSR count). The van der Waals surface area contributed by atoms with Gasteiger partial charge in [0.05, 0.1) is 0 Å². The highest BCUT2D eigenvalue weighted by molar-refractivity contribution is 6.44. The summed E-state index contributed by atoms with van der Waals surface area (Å²) in [6.07, 6.45) is 4.65. The summed E-state index contributed by atoms with van der Waals surface area (Å²) in [5.74, 6) is -1.32. The smallest absolute Gasteiger partial charge is 0.325 e. The standard InChI is InChI=1S/C18H21N5O3/c1-18(2,3)26-15(24)9-23-14-5-4-11(12-7-21-10-22-8-12)6-13(14)16(19)17(20)25/h4-8,10,19,23H,9H2,1-3H3,(H2,20,25). The summed E-state index contributed by atoms with van der Waals surface area (Å²) in [5, 5.41) is 10.8. The largest absolute Gasteiger partial charge is 0.459 e. The number of carbonyl (C=O) groups is 2. The third kappa shape index (κ3) is 5.10. The molecule has 0 saturated heterocycles. The van der Waals surface area contributed by atoms with E-state index in [2.05, 4.69) is 15.3 Å². The lowest BCUT2D eigenvalue weighted by atomic mass is 10.0. The van der Waals surface area contributed by atoms with E-state index in [1.807, 2.05) is 0 Å². The Labute approximate surface area is 151 Å². The molecule has 4 N–H and O–H groups in total. The first-order valence-corrected chi connectivity index (χ1v) is 7.91. The Kier molecular flexibility index (Phi) is 5.66. The number of nitrogens with zero attached hydrogens (tertiary/aromatic N) is 2. The molecule has 26 heavy (non-hydrogen) atoms. The van der Waals surface area contributed by atoms with Gasteiger partial charge in [-0.3, -0.25) is 15.0 Å². The van der Waals surface area contributed by atoms with Crippen LogP contribution >= 0.6 is 0 Å². The molecule has 1 amide bonds. The molecule has 0 spiro atoms. The lowest BCUT2D eigenvalue weighted by molar-refractivity contribution is -0.152. The normalized spacial score (nSPS) is 10.9. The van der Waals surface area contributed by atoms with Crippen molar-refractivity contribution in [3.8, 4) is 11.1 Å². The highest BCUT2D eigenvalue weighted by atomic mass is 16.6. The second-order valence-corrected chi connectivity index (χ2v) is 6.57. The second kappa shape index (κ2) is 7.73. The van der Waals surface area contributed by atoms with Crippen molar-refractivity contribution in [3.63, 3.8) is 0 Å². The van der Waals surface area contributed by atoms with Gasteiger partial charge >= 0.3 is 5.97 Å². The van der Waals surface area contributed by atoms with Crippen molar-refractivity contribution in [1.29, 1.82) is 5.41 Å². The summed E-state index contributed by atoms with van der Waals surface area (Å²) in [5.41, 5.74) is 6.45. The van der Waals surface area contributed by atoms with E-state index in [0.29, 0.717) is 5.69 Å². The monoisotopic (exact) mass is 355 g/mol. The predicted octanol–water partition coefficient (Wildman–Crippen LogP) is 1.75. The summed E-state index contributed by atoms with van der Waals surface area (Å²) in [6, 6.07) is 5.07. The Balaban J connectivity index is 2.29. The van der Waals surface area contributed by atoms with Crippen LogP contribution in [0, 0.1) is 5.41 Å². The predicted molar refractivity (Wildman–Crippen MR) is 97.8 cm³/mol. The van der Waals surface area contributed by atoms with Crippen LogP contribution in [-0.2, 0) is 14.3 Å². The Bertz CT molecular complexity index is 828. The van der Waals surface area contributed by atoms with Crippen LogP contribution in [-0.4, -0.2) is 39.7 Å². The number of carbonyl (C=O) groups excluding carboxylic acids is 2. The zero-order valence-corrected chi connectivity index (χ0v) is 14.9. The SMILES string of the molecule is CC(C)(C)OC(=O)CNc1ccc(-c2cncnc2)cc1C(=N)C(N)=O. The molecule has 2 aromatic rings. The minimum absolute atomic E-state index is 0.107. The van der Waals surface area contributed by atoms with Gasteiger partial charge in [0.15, 0.2) is 0 Å². The first-order valence-electron chi connectivity index (χ1n) is 7.91. The molecule has 0 saturated carbocycles. The van der Waals surface area contributed by atoms with Crippen molar-refractivity contribution in [2.75, 3.05) is 11.9 Å². The minimum atomic E-state index is -0.869. The van der Waals surface area contributed by atoms with Crippen LogP contribution in [0.25, 0.3) is 11.1 Å². The van der Waals surface area contributed by atoms with Gasteiger partial charge in [0.1, 0.15) is 24.2 Å². The fourth-order valence-electron chi connectivity index (χ4n) is 2.21. The molecule has 1 aromatic heterocycles. The second-order valence-electron chi connectivity index (χ2n) is 6.57. The van der Waals surface area contributed by atoms with E-state index in [0.717, 1.165) is 11.1 Å². The number of benzene rings is 1. The van der Waals surface area contributed by atoms with Crippen molar-refractivity contribution in [2.45, 2.75) is 26.4 Å². The third-order valence-electron chi connectivity index (χ3n) is 3.27. The molecule has 0 atom stereocenters. The number of aromatic nitrogens is 2. The molecule has 0 bridgehead atoms. The fraction of sp³-hybridized carbons (Fsp3) is 0.278. The quantitative estimate of drug-likeness (QED) is 0.534. The number of nitrogens with two attached hydrogens (primary N) is 1. The maximum Gasteiger partial charge on any atom is 0.325 e. The molecule has 0 fully saturated rings. The van der Waals surface area contributed by atoms with E-state index in [9.17, 15) is 9.59 Å². The minimum Gasteiger partial charge on any atom is -0.459 e. The molecule has 0 aliphatic rings. The number of esters is 1. The van der Waals surface area contributed by atoms with E-state index in [1.54, 1.807) is 51.4 Å². The zero-order chi connectivity index (χ0) is 19.3. The van der Waals surface area contributed by atoms with Gasteiger partial charge in [-0.15, -0.1) is 0 Å². The van der Waals surface area contributed by atoms with Crippen LogP contribution in [0.1, 0.15) is 26.3 Å². The zero-order valence-electron chi connectivity index (χ0n) is 14.9. The molecule has 8 heteroatoms. The molecule has 0 unspecified atom stereocenters. The summed E-state index contributed by atoms with van der Waals surface area (Å²) in [7, 11) is 0. The van der Waals surface area contributed by atoms with Gasteiger partial charge < -0.3 is 15.8 Å². The van der Waals surface area contributed by atoms with E-state index < -0.39 is 17.5 Å². The maximum absolute atomic E-state index is 11.9. The molecule has 1 aromatic carbocycles. The number of rotatable bonds is 6. The molecular weight excluding hydrogens is 334 g/mol. The average molecular weight is 355 g/mol. The van der Waals surface area contributed by atoms with Crippen LogP contribution in [0.3, 0.4) is 0 Å². The Morgan fingerprint density at radius 2 is 1.85 bits per heavy atom. The number of amides is 1. The van der Waals surface area contributed by atoms with Crippen LogP contribution in [0.15, 0.2) is 36.9 Å². The van der Waals surface area contributed by atoms with Gasteiger partial charge in [-0.05, 0) is 38.5 Å². The van der Waals surface area contributed by atoms with E-state index in [-0.39, 0.29) is 17.8 Å². The van der Waals surface area contributed by atoms with Crippen molar-refractivity contribution in [2.24, 2.45) is 5.73 Å². The van der Waals surface area contributed by atoms with Crippen LogP contribution in [0.5, 0.6) is 0 Å². The number of primary amides is 1.